The first kappa shape index (κ1) is 13.9. The highest BCUT2D eigenvalue weighted by Crippen LogP contribution is 2.31. The Morgan fingerprint density at radius 1 is 1.00 bits per heavy atom. The van der Waals surface area contributed by atoms with Gasteiger partial charge in [-0.15, -0.1) is 0 Å². The van der Waals surface area contributed by atoms with Gasteiger partial charge in [0.1, 0.15) is 5.58 Å². The molecule has 0 atom stereocenters. The van der Waals surface area contributed by atoms with Crippen molar-refractivity contribution in [2.24, 2.45) is 0 Å². The maximum atomic E-state index is 5.86. The molecule has 0 saturated carbocycles. The van der Waals surface area contributed by atoms with Crippen molar-refractivity contribution in [1.29, 1.82) is 0 Å². The molecule has 108 valence electrons. The Kier molecular flexibility index (Phi) is 4.07. The number of furan rings is 1. The summed E-state index contributed by atoms with van der Waals surface area (Å²) in [6, 6.07) is 17.3. The summed E-state index contributed by atoms with van der Waals surface area (Å²) < 4.78 is 5.86. The van der Waals surface area contributed by atoms with E-state index in [9.17, 15) is 0 Å². The summed E-state index contributed by atoms with van der Waals surface area (Å²) in [7, 11) is 0. The van der Waals surface area contributed by atoms with Crippen molar-refractivity contribution in [3.63, 3.8) is 0 Å². The Morgan fingerprint density at radius 2 is 1.81 bits per heavy atom. The second kappa shape index (κ2) is 6.15. The molecule has 0 aliphatic rings. The number of para-hydroxylation sites is 1. The van der Waals surface area contributed by atoms with Gasteiger partial charge in [0, 0.05) is 17.0 Å². The first-order chi connectivity index (χ1) is 10.3. The highest BCUT2D eigenvalue weighted by atomic mass is 16.3. The number of hydrogen-bond donors (Lipinski definition) is 1. The average molecular weight is 279 g/mol. The third kappa shape index (κ3) is 3.01. The van der Waals surface area contributed by atoms with Crippen LogP contribution in [-0.4, -0.2) is 12.6 Å². The summed E-state index contributed by atoms with van der Waals surface area (Å²) in [4.78, 5) is 0. The second-order valence-electron chi connectivity index (χ2n) is 5.67. The van der Waals surface area contributed by atoms with Gasteiger partial charge in [-0.1, -0.05) is 62.4 Å². The number of fused-ring (bicyclic) bond motifs is 1. The Hall–Kier alpha value is -2.06. The van der Waals surface area contributed by atoms with Crippen molar-refractivity contribution >= 4 is 11.0 Å². The average Bonchev–Trinajstić information content (AvgIpc) is 2.91. The quantitative estimate of drug-likeness (QED) is 0.736. The molecular formula is C19H21NO. The summed E-state index contributed by atoms with van der Waals surface area (Å²) in [5.74, 6) is 0. The molecule has 0 unspecified atom stereocenters. The Balaban J connectivity index is 1.93. The molecular weight excluding hydrogens is 258 g/mol. The highest BCUT2D eigenvalue weighted by molar-refractivity contribution is 5.94. The molecule has 0 aliphatic carbocycles. The van der Waals surface area contributed by atoms with E-state index in [-0.39, 0.29) is 0 Å². The summed E-state index contributed by atoms with van der Waals surface area (Å²) in [6.07, 6.45) is 2.89. The zero-order chi connectivity index (χ0) is 14.7. The summed E-state index contributed by atoms with van der Waals surface area (Å²) in [6.45, 7) is 5.31. The Morgan fingerprint density at radius 3 is 2.57 bits per heavy atom. The standard InChI is InChI=1S/C19H21NO/c1-14(2)20-12-11-16-13-21-19-17(9-6-10-18(16)19)15-7-4-3-5-8-15/h3-10,13-14,20H,11-12H2,1-2H3. The van der Waals surface area contributed by atoms with Crippen LogP contribution in [0.4, 0.5) is 0 Å². The van der Waals surface area contributed by atoms with Gasteiger partial charge in [0.25, 0.3) is 0 Å². The van der Waals surface area contributed by atoms with E-state index in [0.717, 1.165) is 24.1 Å². The van der Waals surface area contributed by atoms with E-state index >= 15 is 0 Å². The van der Waals surface area contributed by atoms with E-state index in [1.165, 1.54) is 16.5 Å². The van der Waals surface area contributed by atoms with Crippen LogP contribution in [0.25, 0.3) is 22.1 Å². The topological polar surface area (TPSA) is 25.2 Å². The normalized spacial score (nSPS) is 11.4. The van der Waals surface area contributed by atoms with Crippen molar-refractivity contribution in [3.8, 4) is 11.1 Å². The van der Waals surface area contributed by atoms with E-state index < -0.39 is 0 Å². The molecule has 1 heterocycles. The van der Waals surface area contributed by atoms with Crippen LogP contribution in [0.15, 0.2) is 59.2 Å². The van der Waals surface area contributed by atoms with Crippen molar-refractivity contribution in [2.45, 2.75) is 26.3 Å². The zero-order valence-corrected chi connectivity index (χ0v) is 12.6. The van der Waals surface area contributed by atoms with Crippen LogP contribution < -0.4 is 5.32 Å². The van der Waals surface area contributed by atoms with Gasteiger partial charge in [-0.05, 0) is 24.1 Å². The molecule has 0 amide bonds. The third-order valence-electron chi connectivity index (χ3n) is 3.71. The zero-order valence-electron chi connectivity index (χ0n) is 12.6. The van der Waals surface area contributed by atoms with E-state index in [1.807, 2.05) is 12.3 Å². The van der Waals surface area contributed by atoms with Gasteiger partial charge < -0.3 is 9.73 Å². The van der Waals surface area contributed by atoms with Crippen LogP contribution >= 0.6 is 0 Å². The smallest absolute Gasteiger partial charge is 0.141 e. The van der Waals surface area contributed by atoms with Gasteiger partial charge in [-0.3, -0.25) is 0 Å². The minimum absolute atomic E-state index is 0.517. The molecule has 2 nitrogen and oxygen atoms in total. The van der Waals surface area contributed by atoms with Crippen molar-refractivity contribution < 1.29 is 4.42 Å². The maximum Gasteiger partial charge on any atom is 0.141 e. The molecule has 21 heavy (non-hydrogen) atoms. The maximum absolute atomic E-state index is 5.86. The molecule has 0 saturated heterocycles. The van der Waals surface area contributed by atoms with Gasteiger partial charge in [0.05, 0.1) is 6.26 Å². The highest BCUT2D eigenvalue weighted by Gasteiger charge is 2.10. The van der Waals surface area contributed by atoms with Gasteiger partial charge in [-0.2, -0.15) is 0 Å². The van der Waals surface area contributed by atoms with Crippen LogP contribution in [0.1, 0.15) is 19.4 Å². The van der Waals surface area contributed by atoms with Crippen LogP contribution in [0.5, 0.6) is 0 Å². The molecule has 0 aliphatic heterocycles. The lowest BCUT2D eigenvalue weighted by molar-refractivity contribution is 0.581. The summed E-state index contributed by atoms with van der Waals surface area (Å²) in [5.41, 5.74) is 4.62. The van der Waals surface area contributed by atoms with E-state index in [4.69, 9.17) is 4.42 Å². The van der Waals surface area contributed by atoms with Crippen molar-refractivity contribution in [1.82, 2.24) is 5.32 Å². The van der Waals surface area contributed by atoms with Gasteiger partial charge in [0.15, 0.2) is 0 Å². The molecule has 0 spiro atoms. The molecule has 2 aromatic carbocycles. The molecule has 2 heteroatoms. The monoisotopic (exact) mass is 279 g/mol. The SMILES string of the molecule is CC(C)NCCc1coc2c(-c3ccccc3)cccc12. The minimum Gasteiger partial charge on any atom is -0.463 e. The van der Waals surface area contributed by atoms with E-state index in [0.29, 0.717) is 6.04 Å². The predicted molar refractivity (Wildman–Crippen MR) is 88.5 cm³/mol. The fourth-order valence-corrected chi connectivity index (χ4v) is 2.64. The Bertz CT molecular complexity index is 713. The van der Waals surface area contributed by atoms with E-state index in [2.05, 4.69) is 61.6 Å². The number of rotatable bonds is 5. The fraction of sp³-hybridized carbons (Fsp3) is 0.263. The summed E-state index contributed by atoms with van der Waals surface area (Å²) in [5, 5.41) is 4.68. The lowest BCUT2D eigenvalue weighted by Crippen LogP contribution is -2.24. The lowest BCUT2D eigenvalue weighted by Gasteiger charge is -2.07. The number of hydrogen-bond acceptors (Lipinski definition) is 2. The fourth-order valence-electron chi connectivity index (χ4n) is 2.64. The van der Waals surface area contributed by atoms with Crippen LogP contribution in [0, 0.1) is 0 Å². The number of benzene rings is 2. The molecule has 0 radical (unpaired) electrons. The molecule has 3 rings (SSSR count). The van der Waals surface area contributed by atoms with Crippen LogP contribution in [0.3, 0.4) is 0 Å². The van der Waals surface area contributed by atoms with Crippen molar-refractivity contribution in [2.75, 3.05) is 6.54 Å². The van der Waals surface area contributed by atoms with E-state index in [1.54, 1.807) is 0 Å². The van der Waals surface area contributed by atoms with Crippen LogP contribution in [0.2, 0.25) is 0 Å². The Labute approximate surface area is 125 Å². The first-order valence-corrected chi connectivity index (χ1v) is 7.53. The predicted octanol–water partition coefficient (Wildman–Crippen LogP) is 4.64. The number of nitrogens with one attached hydrogen (secondary N) is 1. The van der Waals surface area contributed by atoms with Gasteiger partial charge in [0.2, 0.25) is 0 Å². The molecule has 0 fully saturated rings. The molecule has 1 N–H and O–H groups in total. The van der Waals surface area contributed by atoms with Crippen molar-refractivity contribution in [3.05, 3.63) is 60.4 Å². The van der Waals surface area contributed by atoms with Gasteiger partial charge >= 0.3 is 0 Å². The lowest BCUT2D eigenvalue weighted by atomic mass is 10.0. The molecule has 0 bridgehead atoms. The third-order valence-corrected chi connectivity index (χ3v) is 3.71. The second-order valence-corrected chi connectivity index (χ2v) is 5.67. The largest absolute Gasteiger partial charge is 0.463 e. The molecule has 1 aromatic heterocycles. The summed E-state index contributed by atoms with van der Waals surface area (Å²) >= 11 is 0. The first-order valence-electron chi connectivity index (χ1n) is 7.53. The molecule has 3 aromatic rings. The minimum atomic E-state index is 0.517. The van der Waals surface area contributed by atoms with Crippen LogP contribution in [-0.2, 0) is 6.42 Å². The van der Waals surface area contributed by atoms with Gasteiger partial charge in [-0.25, -0.2) is 0 Å².